The summed E-state index contributed by atoms with van der Waals surface area (Å²) in [6, 6.07) is 3.92. The molecular weight excluding hydrogens is 262 g/mol. The summed E-state index contributed by atoms with van der Waals surface area (Å²) >= 11 is 1.58. The Balaban J connectivity index is 1.77. The topological polar surface area (TPSA) is 59.2 Å². The molecule has 5 nitrogen and oxygen atoms in total. The van der Waals surface area contributed by atoms with Crippen LogP contribution in [0, 0.1) is 0 Å². The lowest BCUT2D eigenvalue weighted by molar-refractivity contribution is -0.130. The van der Waals surface area contributed by atoms with Crippen LogP contribution < -0.4 is 0 Å². The summed E-state index contributed by atoms with van der Waals surface area (Å²) in [4.78, 5) is 14.3. The van der Waals surface area contributed by atoms with Gasteiger partial charge in [-0.05, 0) is 24.3 Å². The fourth-order valence-electron chi connectivity index (χ4n) is 2.36. The molecule has 0 aromatic carbocycles. The Morgan fingerprint density at radius 3 is 3.16 bits per heavy atom. The van der Waals surface area contributed by atoms with Crippen LogP contribution in [0.4, 0.5) is 0 Å². The number of aromatic nitrogens is 2. The van der Waals surface area contributed by atoms with Crippen LogP contribution in [0.3, 0.4) is 0 Å². The van der Waals surface area contributed by atoms with Crippen molar-refractivity contribution in [2.24, 2.45) is 0 Å². The lowest BCUT2D eigenvalue weighted by Gasteiger charge is -2.30. The van der Waals surface area contributed by atoms with E-state index in [0.717, 1.165) is 24.3 Å². The van der Waals surface area contributed by atoms with E-state index >= 15 is 0 Å². The summed E-state index contributed by atoms with van der Waals surface area (Å²) < 4.78 is 5.75. The number of hydrogen-bond donors (Lipinski definition) is 0. The van der Waals surface area contributed by atoms with Gasteiger partial charge in [0.05, 0.1) is 10.8 Å². The lowest BCUT2D eigenvalue weighted by Crippen LogP contribution is -2.37. The average Bonchev–Trinajstić information content (AvgIpc) is 3.09. The molecule has 3 rings (SSSR count). The Kier molecular flexibility index (Phi) is 3.33. The maximum Gasteiger partial charge on any atom is 0.257 e. The van der Waals surface area contributed by atoms with Crippen molar-refractivity contribution in [3.63, 3.8) is 0 Å². The zero-order valence-corrected chi connectivity index (χ0v) is 11.5. The number of thiophene rings is 1. The SMILES string of the molecule is CC(=O)N1CCC[C@@H](c2nnc(-c3cccs3)o2)C1. The lowest BCUT2D eigenvalue weighted by atomic mass is 9.98. The molecular formula is C13H15N3O2S. The molecule has 0 unspecified atom stereocenters. The van der Waals surface area contributed by atoms with Crippen molar-refractivity contribution in [3.8, 4) is 10.8 Å². The Morgan fingerprint density at radius 1 is 1.53 bits per heavy atom. The second kappa shape index (κ2) is 5.13. The van der Waals surface area contributed by atoms with Gasteiger partial charge in [-0.15, -0.1) is 21.5 Å². The molecule has 2 aromatic heterocycles. The molecule has 0 radical (unpaired) electrons. The van der Waals surface area contributed by atoms with E-state index < -0.39 is 0 Å². The molecule has 3 heterocycles. The van der Waals surface area contributed by atoms with Gasteiger partial charge in [-0.2, -0.15) is 0 Å². The van der Waals surface area contributed by atoms with E-state index in [2.05, 4.69) is 10.2 Å². The summed E-state index contributed by atoms with van der Waals surface area (Å²) in [6.07, 6.45) is 1.98. The molecule has 19 heavy (non-hydrogen) atoms. The first kappa shape index (κ1) is 12.3. The Bertz CT molecular complexity index is 564. The van der Waals surface area contributed by atoms with Gasteiger partial charge in [-0.25, -0.2) is 0 Å². The highest BCUT2D eigenvalue weighted by Crippen LogP contribution is 2.29. The first-order valence-corrected chi connectivity index (χ1v) is 7.25. The number of hydrogen-bond acceptors (Lipinski definition) is 5. The molecule has 1 amide bonds. The Labute approximate surface area is 115 Å². The van der Waals surface area contributed by atoms with Gasteiger partial charge >= 0.3 is 0 Å². The largest absolute Gasteiger partial charge is 0.420 e. The molecule has 6 heteroatoms. The first-order chi connectivity index (χ1) is 9.24. The van der Waals surface area contributed by atoms with Crippen molar-refractivity contribution in [1.82, 2.24) is 15.1 Å². The van der Waals surface area contributed by atoms with Crippen molar-refractivity contribution in [3.05, 3.63) is 23.4 Å². The minimum absolute atomic E-state index is 0.114. The molecule has 0 aliphatic carbocycles. The highest BCUT2D eigenvalue weighted by molar-refractivity contribution is 7.13. The number of carbonyl (C=O) groups is 1. The molecule has 0 spiro atoms. The number of amides is 1. The van der Waals surface area contributed by atoms with Crippen molar-refractivity contribution >= 4 is 17.2 Å². The predicted octanol–water partition coefficient (Wildman–Crippen LogP) is 2.52. The normalized spacial score (nSPS) is 19.6. The highest BCUT2D eigenvalue weighted by atomic mass is 32.1. The van der Waals surface area contributed by atoms with E-state index in [9.17, 15) is 4.79 Å². The third kappa shape index (κ3) is 2.53. The fourth-order valence-corrected chi connectivity index (χ4v) is 3.01. The van der Waals surface area contributed by atoms with Crippen molar-refractivity contribution in [2.45, 2.75) is 25.7 Å². The van der Waals surface area contributed by atoms with E-state index in [1.165, 1.54) is 0 Å². The van der Waals surface area contributed by atoms with Gasteiger partial charge in [0, 0.05) is 20.0 Å². The average molecular weight is 277 g/mol. The zero-order valence-electron chi connectivity index (χ0n) is 10.7. The number of carbonyl (C=O) groups excluding carboxylic acids is 1. The summed E-state index contributed by atoms with van der Waals surface area (Å²) in [7, 11) is 0. The van der Waals surface area contributed by atoms with Gasteiger partial charge < -0.3 is 9.32 Å². The summed E-state index contributed by atoms with van der Waals surface area (Å²) in [5, 5.41) is 10.2. The minimum Gasteiger partial charge on any atom is -0.420 e. The molecule has 0 N–H and O–H groups in total. The van der Waals surface area contributed by atoms with Crippen molar-refractivity contribution in [1.29, 1.82) is 0 Å². The van der Waals surface area contributed by atoms with Crippen molar-refractivity contribution in [2.75, 3.05) is 13.1 Å². The maximum atomic E-state index is 11.4. The van der Waals surface area contributed by atoms with E-state index in [-0.39, 0.29) is 11.8 Å². The van der Waals surface area contributed by atoms with Gasteiger partial charge in [-0.3, -0.25) is 4.79 Å². The molecule has 1 aliphatic heterocycles. The zero-order chi connectivity index (χ0) is 13.2. The number of rotatable bonds is 2. The number of nitrogens with zero attached hydrogens (tertiary/aromatic N) is 3. The second-order valence-electron chi connectivity index (χ2n) is 4.73. The van der Waals surface area contributed by atoms with Gasteiger partial charge in [-0.1, -0.05) is 6.07 Å². The van der Waals surface area contributed by atoms with Crippen LogP contribution in [-0.2, 0) is 4.79 Å². The second-order valence-corrected chi connectivity index (χ2v) is 5.67. The molecule has 1 saturated heterocycles. The Hall–Kier alpha value is -1.69. The van der Waals surface area contributed by atoms with E-state index in [4.69, 9.17) is 4.42 Å². The monoisotopic (exact) mass is 277 g/mol. The quantitative estimate of drug-likeness (QED) is 0.846. The van der Waals surface area contributed by atoms with Crippen LogP contribution in [-0.4, -0.2) is 34.1 Å². The van der Waals surface area contributed by atoms with Crippen LogP contribution in [0.5, 0.6) is 0 Å². The molecule has 2 aromatic rings. The summed E-state index contributed by atoms with van der Waals surface area (Å²) in [6.45, 7) is 3.12. The van der Waals surface area contributed by atoms with Gasteiger partial charge in [0.25, 0.3) is 5.89 Å². The van der Waals surface area contributed by atoms with Crippen molar-refractivity contribution < 1.29 is 9.21 Å². The standard InChI is InChI=1S/C13H15N3O2S/c1-9(17)16-6-2-4-10(8-16)12-14-15-13(18-12)11-5-3-7-19-11/h3,5,7,10H,2,4,6,8H2,1H3/t10-/m1/s1. The third-order valence-electron chi connectivity index (χ3n) is 3.39. The van der Waals surface area contributed by atoms with Gasteiger partial charge in [0.1, 0.15) is 0 Å². The molecule has 0 saturated carbocycles. The Morgan fingerprint density at radius 2 is 2.42 bits per heavy atom. The number of piperidine rings is 1. The maximum absolute atomic E-state index is 11.4. The summed E-state index contributed by atoms with van der Waals surface area (Å²) in [5.41, 5.74) is 0. The molecule has 0 bridgehead atoms. The summed E-state index contributed by atoms with van der Waals surface area (Å²) in [5.74, 6) is 1.50. The fraction of sp³-hybridized carbons (Fsp3) is 0.462. The van der Waals surface area contributed by atoms with Crippen LogP contribution >= 0.6 is 11.3 Å². The molecule has 1 aliphatic rings. The molecule has 1 fully saturated rings. The van der Waals surface area contributed by atoms with Crippen LogP contribution in [0.1, 0.15) is 31.6 Å². The van der Waals surface area contributed by atoms with Gasteiger partial charge in [0.15, 0.2) is 0 Å². The predicted molar refractivity (Wildman–Crippen MR) is 71.8 cm³/mol. The van der Waals surface area contributed by atoms with Crippen LogP contribution in [0.2, 0.25) is 0 Å². The third-order valence-corrected chi connectivity index (χ3v) is 4.25. The van der Waals surface area contributed by atoms with E-state index in [0.29, 0.717) is 18.3 Å². The van der Waals surface area contributed by atoms with Crippen LogP contribution in [0.15, 0.2) is 21.9 Å². The van der Waals surface area contributed by atoms with E-state index in [1.807, 2.05) is 22.4 Å². The highest BCUT2D eigenvalue weighted by Gasteiger charge is 2.27. The minimum atomic E-state index is 0.114. The molecule has 1 atom stereocenters. The molecule has 100 valence electrons. The number of likely N-dealkylation sites (tertiary alicyclic amines) is 1. The van der Waals surface area contributed by atoms with Crippen LogP contribution in [0.25, 0.3) is 10.8 Å². The van der Waals surface area contributed by atoms with Gasteiger partial charge in [0.2, 0.25) is 11.8 Å². The smallest absolute Gasteiger partial charge is 0.257 e. The van der Waals surface area contributed by atoms with E-state index in [1.54, 1.807) is 18.3 Å². The first-order valence-electron chi connectivity index (χ1n) is 6.37.